The fourth-order valence-corrected chi connectivity index (χ4v) is 2.25. The summed E-state index contributed by atoms with van der Waals surface area (Å²) in [7, 11) is 0. The van der Waals surface area contributed by atoms with Gasteiger partial charge >= 0.3 is 12.1 Å². The van der Waals surface area contributed by atoms with Gasteiger partial charge in [0.25, 0.3) is 0 Å². The van der Waals surface area contributed by atoms with Gasteiger partial charge < -0.3 is 14.9 Å². The lowest BCUT2D eigenvalue weighted by atomic mass is 9.99. The number of carboxylic acids is 1. The number of halogens is 4. The number of rotatable bonds is 2. The van der Waals surface area contributed by atoms with Crippen molar-refractivity contribution in [3.05, 3.63) is 33.3 Å². The van der Waals surface area contributed by atoms with Gasteiger partial charge in [-0.15, -0.1) is 0 Å². The van der Waals surface area contributed by atoms with E-state index in [1.54, 1.807) is 0 Å². The van der Waals surface area contributed by atoms with Crippen molar-refractivity contribution < 1.29 is 35.7 Å². The quantitative estimate of drug-likeness (QED) is 0.856. The van der Waals surface area contributed by atoms with Crippen LogP contribution in [0.2, 0.25) is 0 Å². The second kappa shape index (κ2) is 5.10. The molecule has 4 nitrogen and oxygen atoms in total. The lowest BCUT2D eigenvalue weighted by molar-refractivity contribution is -0.187. The minimum Gasteiger partial charge on any atom is -0.478 e. The third-order valence-electron chi connectivity index (χ3n) is 2.58. The molecule has 1 aromatic carbocycles. The second-order valence-electron chi connectivity index (χ2n) is 3.93. The van der Waals surface area contributed by atoms with Crippen LogP contribution < -0.4 is 4.74 Å². The van der Waals surface area contributed by atoms with Gasteiger partial charge in [0.05, 0.1) is 14.9 Å². The van der Waals surface area contributed by atoms with Crippen LogP contribution in [-0.2, 0) is 11.4 Å². The monoisotopic (exact) mass is 354 g/mol. The molecular formula is C12H8BrF3O4. The molecular weight excluding hydrogens is 345 g/mol. The Hall–Kier alpha value is -1.54. The van der Waals surface area contributed by atoms with E-state index >= 15 is 0 Å². The smallest absolute Gasteiger partial charge is 0.430 e. The summed E-state index contributed by atoms with van der Waals surface area (Å²) in [6, 6.07) is 2.33. The van der Waals surface area contributed by atoms with E-state index < -0.39 is 41.7 Å². The Morgan fingerprint density at radius 2 is 2.15 bits per heavy atom. The second-order valence-corrected chi connectivity index (χ2v) is 4.84. The molecule has 108 valence electrons. The molecule has 2 rings (SSSR count). The molecule has 0 amide bonds. The van der Waals surface area contributed by atoms with Gasteiger partial charge in [-0.2, -0.15) is 13.2 Å². The lowest BCUT2D eigenvalue weighted by Crippen LogP contribution is -2.40. The minimum absolute atomic E-state index is 0.0831. The lowest BCUT2D eigenvalue weighted by Gasteiger charge is -2.28. The first-order valence-corrected chi connectivity index (χ1v) is 5.95. The van der Waals surface area contributed by atoms with Crippen LogP contribution in [0.1, 0.15) is 13.9 Å². The summed E-state index contributed by atoms with van der Waals surface area (Å²) in [5.41, 5.74) is -1.64. The maximum atomic E-state index is 13.0. The number of carboxylic acid groups (broad SMARTS) is 1. The van der Waals surface area contributed by atoms with E-state index in [0.717, 1.165) is 12.1 Å². The van der Waals surface area contributed by atoms with Crippen LogP contribution in [0.4, 0.5) is 13.2 Å². The Kier molecular flexibility index (Phi) is 3.12. The molecule has 1 aliphatic heterocycles. The molecule has 0 radical (unpaired) electrons. The predicted octanol–water partition coefficient (Wildman–Crippen LogP) is 2.73. The number of carbonyl (C=O) groups is 1. The average molecular weight is 355 g/mol. The van der Waals surface area contributed by atoms with Crippen molar-refractivity contribution in [2.45, 2.75) is 18.8 Å². The molecule has 2 N–H and O–H groups in total. The molecule has 0 spiro atoms. The number of aliphatic hydroxyl groups is 1. The van der Waals surface area contributed by atoms with Gasteiger partial charge in [-0.1, -0.05) is 15.9 Å². The van der Waals surface area contributed by atoms with Crippen LogP contribution in [0.5, 0.6) is 5.75 Å². The van der Waals surface area contributed by atoms with Crippen molar-refractivity contribution in [3.8, 4) is 5.75 Å². The molecule has 0 unspecified atom stereocenters. The SMILES string of the molecule is [2H]C([2H])(O)c1cc(Br)cc2c1O[C@@H](C(F)(F)F)C(C(=O)O)=C2. The average Bonchev–Trinajstić information content (AvgIpc) is 2.33. The molecule has 0 aromatic heterocycles. The van der Waals surface area contributed by atoms with E-state index in [2.05, 4.69) is 20.7 Å². The topological polar surface area (TPSA) is 66.8 Å². The molecule has 8 heteroatoms. The standard InChI is InChI=1S/C12H8BrF3O4/c13-7-1-5-3-8(11(18)19)10(12(14,15)16)20-9(5)6(2-7)4-17/h1-3,10,17H,4H2,(H,18,19)/t10-/m1/s1/i4D2. The van der Waals surface area contributed by atoms with Gasteiger partial charge in [0.15, 0.2) is 0 Å². The summed E-state index contributed by atoms with van der Waals surface area (Å²) >= 11 is 3.01. The number of alkyl halides is 3. The first-order chi connectivity index (χ1) is 9.91. The summed E-state index contributed by atoms with van der Waals surface area (Å²) in [6.45, 7) is -2.96. The van der Waals surface area contributed by atoms with Crippen molar-refractivity contribution in [1.29, 1.82) is 0 Å². The van der Waals surface area contributed by atoms with Crippen LogP contribution in [0.3, 0.4) is 0 Å². The molecule has 0 aliphatic carbocycles. The molecule has 0 saturated carbocycles. The molecule has 0 fully saturated rings. The fraction of sp³-hybridized carbons (Fsp3) is 0.250. The van der Waals surface area contributed by atoms with Crippen LogP contribution in [-0.4, -0.2) is 28.5 Å². The highest BCUT2D eigenvalue weighted by molar-refractivity contribution is 9.10. The zero-order chi connectivity index (χ0) is 16.9. The Morgan fingerprint density at radius 3 is 2.65 bits per heavy atom. The Morgan fingerprint density at radius 1 is 1.50 bits per heavy atom. The molecule has 20 heavy (non-hydrogen) atoms. The van der Waals surface area contributed by atoms with Gasteiger partial charge in [-0.3, -0.25) is 0 Å². The Labute approximate surface area is 122 Å². The molecule has 1 aromatic rings. The van der Waals surface area contributed by atoms with Crippen molar-refractivity contribution in [2.24, 2.45) is 0 Å². The van der Waals surface area contributed by atoms with E-state index in [1.807, 2.05) is 0 Å². The van der Waals surface area contributed by atoms with E-state index in [9.17, 15) is 23.1 Å². The van der Waals surface area contributed by atoms with E-state index in [0.29, 0.717) is 0 Å². The number of aliphatic carboxylic acids is 1. The Bertz CT molecular complexity index is 668. The first kappa shape index (κ1) is 12.2. The van der Waals surface area contributed by atoms with Crippen molar-refractivity contribution >= 4 is 28.0 Å². The molecule has 0 bridgehead atoms. The number of benzene rings is 1. The third-order valence-corrected chi connectivity index (χ3v) is 3.03. The zero-order valence-electron chi connectivity index (χ0n) is 11.5. The van der Waals surface area contributed by atoms with Gasteiger partial charge in [0.1, 0.15) is 5.75 Å². The maximum absolute atomic E-state index is 13.0. The van der Waals surface area contributed by atoms with Crippen LogP contribution in [0, 0.1) is 0 Å². The maximum Gasteiger partial charge on any atom is 0.430 e. The number of ether oxygens (including phenoxy) is 1. The first-order valence-electron chi connectivity index (χ1n) is 6.16. The summed E-state index contributed by atoms with van der Waals surface area (Å²) in [5.74, 6) is -2.36. The molecule has 1 atom stereocenters. The number of fused-ring (bicyclic) bond motifs is 1. The van der Waals surface area contributed by atoms with Crippen LogP contribution in [0.25, 0.3) is 6.08 Å². The summed E-state index contributed by atoms with van der Waals surface area (Å²) in [6.07, 6.45) is -7.01. The zero-order valence-corrected chi connectivity index (χ0v) is 11.1. The van der Waals surface area contributed by atoms with Crippen molar-refractivity contribution in [3.63, 3.8) is 0 Å². The number of hydrogen-bond acceptors (Lipinski definition) is 3. The van der Waals surface area contributed by atoms with Gasteiger partial charge in [-0.25, -0.2) is 4.79 Å². The molecule has 1 aliphatic rings. The molecule has 1 heterocycles. The predicted molar refractivity (Wildman–Crippen MR) is 66.1 cm³/mol. The number of hydrogen-bond donors (Lipinski definition) is 2. The largest absolute Gasteiger partial charge is 0.478 e. The van der Waals surface area contributed by atoms with E-state index in [4.69, 9.17) is 7.85 Å². The summed E-state index contributed by atoms with van der Waals surface area (Å²) in [4.78, 5) is 11.0. The molecule has 0 saturated heterocycles. The highest BCUT2D eigenvalue weighted by Crippen LogP contribution is 2.40. The van der Waals surface area contributed by atoms with Crippen LogP contribution >= 0.6 is 15.9 Å². The highest BCUT2D eigenvalue weighted by atomic mass is 79.9. The van der Waals surface area contributed by atoms with Crippen LogP contribution in [0.15, 0.2) is 22.2 Å². The third kappa shape index (κ3) is 2.66. The van der Waals surface area contributed by atoms with E-state index in [-0.39, 0.29) is 10.0 Å². The minimum atomic E-state index is -5.01. The van der Waals surface area contributed by atoms with Crippen molar-refractivity contribution in [1.82, 2.24) is 0 Å². The Balaban J connectivity index is 2.71. The van der Waals surface area contributed by atoms with Gasteiger partial charge in [0.2, 0.25) is 6.10 Å². The summed E-state index contributed by atoms with van der Waals surface area (Å²) < 4.78 is 58.3. The fourth-order valence-electron chi connectivity index (χ4n) is 1.78. The summed E-state index contributed by atoms with van der Waals surface area (Å²) in [5, 5.41) is 18.4. The van der Waals surface area contributed by atoms with Crippen molar-refractivity contribution in [2.75, 3.05) is 0 Å². The van der Waals surface area contributed by atoms with Gasteiger partial charge in [-0.05, 0) is 18.2 Å². The van der Waals surface area contributed by atoms with E-state index in [1.165, 1.54) is 6.07 Å². The normalized spacial score (nSPS) is 20.2. The van der Waals surface area contributed by atoms with Gasteiger partial charge in [0, 0.05) is 15.6 Å². The highest BCUT2D eigenvalue weighted by Gasteiger charge is 2.48.